The number of nitrogens with one attached hydrogen (secondary N) is 1. The first-order valence-corrected chi connectivity index (χ1v) is 13.0. The van der Waals surface area contributed by atoms with Crippen molar-refractivity contribution in [3.05, 3.63) is 16.0 Å². The van der Waals surface area contributed by atoms with Crippen LogP contribution < -0.4 is 16.0 Å². The number of hydrogen-bond acceptors (Lipinski definition) is 8. The molecule has 3 amide bonds. The van der Waals surface area contributed by atoms with E-state index in [1.54, 1.807) is 4.90 Å². The summed E-state index contributed by atoms with van der Waals surface area (Å²) in [5.74, 6) is 0.0242. The second-order valence-electron chi connectivity index (χ2n) is 7.96. The Kier molecular flexibility index (Phi) is 6.63. The minimum absolute atomic E-state index is 0.0444. The van der Waals surface area contributed by atoms with E-state index in [-0.39, 0.29) is 23.6 Å². The topological polar surface area (TPSA) is 118 Å². The van der Waals surface area contributed by atoms with Crippen LogP contribution in [0.3, 0.4) is 0 Å². The predicted octanol–water partition coefficient (Wildman–Crippen LogP) is 3.46. The average Bonchev–Trinajstić information content (AvgIpc) is 3.33. The molecule has 0 unspecified atom stereocenters. The summed E-state index contributed by atoms with van der Waals surface area (Å²) in [6.45, 7) is 4.03. The Hall–Kier alpha value is -1.98. The Morgan fingerprint density at radius 2 is 2.00 bits per heavy atom. The van der Waals surface area contributed by atoms with Crippen LogP contribution in [0.4, 0.5) is 10.1 Å². The number of primary amides is 1. The van der Waals surface area contributed by atoms with Gasteiger partial charge in [-0.3, -0.25) is 19.3 Å². The number of thioether (sulfide) groups is 1. The number of thiophene rings is 1. The number of hydrogen-bond donors (Lipinski definition) is 2. The van der Waals surface area contributed by atoms with Crippen molar-refractivity contribution in [2.75, 3.05) is 16.0 Å². The zero-order chi connectivity index (χ0) is 22.1. The lowest BCUT2D eigenvalue weighted by Gasteiger charge is -2.18. The monoisotopic (exact) mass is 479 g/mol. The highest BCUT2D eigenvalue weighted by atomic mass is 32.2. The lowest BCUT2D eigenvalue weighted by atomic mass is 9.88. The van der Waals surface area contributed by atoms with Crippen molar-refractivity contribution in [3.63, 3.8) is 0 Å². The van der Waals surface area contributed by atoms with E-state index < -0.39 is 5.91 Å². The van der Waals surface area contributed by atoms with Gasteiger partial charge < -0.3 is 11.1 Å². The molecule has 0 saturated heterocycles. The molecule has 0 aliphatic heterocycles. The summed E-state index contributed by atoms with van der Waals surface area (Å²) in [5, 5.41) is 12.3. The largest absolute Gasteiger partial charge is 0.365 e. The second-order valence-corrected chi connectivity index (χ2v) is 11.2. The zero-order valence-corrected chi connectivity index (χ0v) is 19.9. The van der Waals surface area contributed by atoms with Gasteiger partial charge >= 0.3 is 0 Å². The van der Waals surface area contributed by atoms with Crippen molar-refractivity contribution < 1.29 is 14.4 Å². The first-order valence-electron chi connectivity index (χ1n) is 10.4. The van der Waals surface area contributed by atoms with E-state index in [0.29, 0.717) is 32.4 Å². The van der Waals surface area contributed by atoms with E-state index in [4.69, 9.17) is 5.73 Å². The molecule has 0 spiro atoms. The van der Waals surface area contributed by atoms with E-state index in [0.717, 1.165) is 42.5 Å². The van der Waals surface area contributed by atoms with Gasteiger partial charge in [0.05, 0.1) is 11.3 Å². The van der Waals surface area contributed by atoms with E-state index in [1.807, 2.05) is 6.92 Å². The van der Waals surface area contributed by atoms with Crippen molar-refractivity contribution in [2.24, 2.45) is 11.7 Å². The van der Waals surface area contributed by atoms with Gasteiger partial charge in [-0.15, -0.1) is 21.5 Å². The molecule has 8 nitrogen and oxygen atoms in total. The first kappa shape index (κ1) is 22.2. The Morgan fingerprint density at radius 3 is 2.68 bits per heavy atom. The molecule has 2 aliphatic rings. The van der Waals surface area contributed by atoms with Gasteiger partial charge in [0.15, 0.2) is 4.34 Å². The predicted molar refractivity (Wildman–Crippen MR) is 124 cm³/mol. The number of nitrogens with two attached hydrogens (primary N) is 1. The summed E-state index contributed by atoms with van der Waals surface area (Å²) < 4.78 is 0.633. The Balaban J connectivity index is 1.40. The van der Waals surface area contributed by atoms with Gasteiger partial charge in [-0.1, -0.05) is 36.9 Å². The minimum atomic E-state index is -0.496. The maximum Gasteiger partial charge on any atom is 0.251 e. The third kappa shape index (κ3) is 4.93. The van der Waals surface area contributed by atoms with E-state index in [1.165, 1.54) is 34.4 Å². The van der Waals surface area contributed by atoms with Crippen LogP contribution in [-0.4, -0.2) is 39.7 Å². The SMILES string of the molecule is CCC(=O)N(c1nnc(SCC(=O)Nc2sc3c(c2C(N)=O)CC[C@@H](C)C3)s1)C1CC1. The lowest BCUT2D eigenvalue weighted by Crippen LogP contribution is -2.32. The summed E-state index contributed by atoms with van der Waals surface area (Å²) in [5.41, 5.74) is 7.07. The molecule has 1 saturated carbocycles. The third-order valence-corrected chi connectivity index (χ3v) is 8.65. The van der Waals surface area contributed by atoms with E-state index in [9.17, 15) is 14.4 Å². The van der Waals surface area contributed by atoms with Crippen LogP contribution in [0.5, 0.6) is 0 Å². The van der Waals surface area contributed by atoms with Gasteiger partial charge in [0.2, 0.25) is 16.9 Å². The van der Waals surface area contributed by atoms with E-state index in [2.05, 4.69) is 22.4 Å². The average molecular weight is 480 g/mol. The maximum atomic E-state index is 12.6. The molecule has 1 atom stereocenters. The molecule has 0 radical (unpaired) electrons. The molecule has 2 aromatic heterocycles. The van der Waals surface area contributed by atoms with Crippen LogP contribution in [0.2, 0.25) is 0 Å². The summed E-state index contributed by atoms with van der Waals surface area (Å²) >= 11 is 4.05. The van der Waals surface area contributed by atoms with Gasteiger partial charge in [0.1, 0.15) is 5.00 Å². The van der Waals surface area contributed by atoms with Crippen LogP contribution in [0.15, 0.2) is 4.34 Å². The highest BCUT2D eigenvalue weighted by molar-refractivity contribution is 8.01. The van der Waals surface area contributed by atoms with Gasteiger partial charge in [-0.25, -0.2) is 0 Å². The molecule has 2 aromatic rings. The van der Waals surface area contributed by atoms with Crippen molar-refractivity contribution in [2.45, 2.75) is 62.8 Å². The number of nitrogens with zero attached hydrogens (tertiary/aromatic N) is 3. The van der Waals surface area contributed by atoms with Gasteiger partial charge in [0.25, 0.3) is 5.91 Å². The number of fused-ring (bicyclic) bond motifs is 1. The minimum Gasteiger partial charge on any atom is -0.365 e. The van der Waals surface area contributed by atoms with Gasteiger partial charge in [-0.2, -0.15) is 0 Å². The Bertz CT molecular complexity index is 1010. The van der Waals surface area contributed by atoms with Crippen molar-refractivity contribution in [1.82, 2.24) is 10.2 Å². The van der Waals surface area contributed by atoms with Crippen LogP contribution >= 0.6 is 34.4 Å². The van der Waals surface area contributed by atoms with Crippen LogP contribution in [0.1, 0.15) is 60.3 Å². The second kappa shape index (κ2) is 9.25. The molecule has 166 valence electrons. The fraction of sp³-hybridized carbons (Fsp3) is 0.550. The Labute approximate surface area is 193 Å². The summed E-state index contributed by atoms with van der Waals surface area (Å²) in [7, 11) is 0. The highest BCUT2D eigenvalue weighted by Gasteiger charge is 2.35. The lowest BCUT2D eigenvalue weighted by molar-refractivity contribution is -0.118. The zero-order valence-electron chi connectivity index (χ0n) is 17.5. The van der Waals surface area contributed by atoms with Crippen LogP contribution in [-0.2, 0) is 22.4 Å². The number of anilines is 2. The van der Waals surface area contributed by atoms with Crippen molar-refractivity contribution in [1.29, 1.82) is 0 Å². The summed E-state index contributed by atoms with van der Waals surface area (Å²) in [6, 6.07) is 0.223. The molecule has 31 heavy (non-hydrogen) atoms. The third-order valence-electron chi connectivity index (χ3n) is 5.42. The van der Waals surface area contributed by atoms with Crippen molar-refractivity contribution in [3.8, 4) is 0 Å². The highest BCUT2D eigenvalue weighted by Crippen LogP contribution is 2.40. The number of carbonyl (C=O) groups is 3. The number of rotatable bonds is 8. The maximum absolute atomic E-state index is 12.6. The molecule has 2 aliphatic carbocycles. The number of aromatic nitrogens is 2. The van der Waals surface area contributed by atoms with E-state index >= 15 is 0 Å². The fourth-order valence-electron chi connectivity index (χ4n) is 3.72. The molecular weight excluding hydrogens is 454 g/mol. The smallest absolute Gasteiger partial charge is 0.251 e. The first-order chi connectivity index (χ1) is 14.9. The standard InChI is InChI=1S/C20H25N5O3S3/c1-3-15(27)25(11-5-6-11)19-23-24-20(31-19)29-9-14(26)22-18-16(17(21)28)12-7-4-10(2)8-13(12)30-18/h10-11H,3-9H2,1-2H3,(H2,21,28)(H,22,26)/t10-/m1/s1. The molecular formula is C20H25N5O3S3. The molecule has 4 rings (SSSR count). The molecule has 2 heterocycles. The quantitative estimate of drug-likeness (QED) is 0.442. The van der Waals surface area contributed by atoms with Gasteiger partial charge in [-0.05, 0) is 43.6 Å². The van der Waals surface area contributed by atoms with Crippen LogP contribution in [0, 0.1) is 5.92 Å². The molecule has 0 bridgehead atoms. The van der Waals surface area contributed by atoms with Crippen LogP contribution in [0.25, 0.3) is 0 Å². The number of amides is 3. The number of carbonyl (C=O) groups excluding carboxylic acids is 3. The molecule has 11 heteroatoms. The van der Waals surface area contributed by atoms with Gasteiger partial charge in [0, 0.05) is 17.3 Å². The van der Waals surface area contributed by atoms with Crippen molar-refractivity contribution >= 4 is 62.3 Å². The molecule has 1 fully saturated rings. The Morgan fingerprint density at radius 1 is 1.23 bits per heavy atom. The molecule has 3 N–H and O–H groups in total. The summed E-state index contributed by atoms with van der Waals surface area (Å²) in [4.78, 5) is 39.7. The fourth-order valence-corrected chi connectivity index (χ4v) is 6.88. The molecule has 0 aromatic carbocycles. The summed E-state index contributed by atoms with van der Waals surface area (Å²) in [6.07, 6.45) is 5.14. The normalized spacial score (nSPS) is 17.8.